The summed E-state index contributed by atoms with van der Waals surface area (Å²) in [6.07, 6.45) is -2.54. The van der Waals surface area contributed by atoms with Crippen LogP contribution >= 0.6 is 11.6 Å². The van der Waals surface area contributed by atoms with Gasteiger partial charge in [-0.25, -0.2) is 8.78 Å². The SMILES string of the molecule is O=C(CCOCC(F)F)c1cc2cccc(Cl)c2o1. The van der Waals surface area contributed by atoms with Gasteiger partial charge >= 0.3 is 0 Å². The van der Waals surface area contributed by atoms with Gasteiger partial charge in [0.25, 0.3) is 6.43 Å². The topological polar surface area (TPSA) is 39.4 Å². The van der Waals surface area contributed by atoms with Crippen molar-refractivity contribution in [1.29, 1.82) is 0 Å². The molecule has 0 aliphatic rings. The van der Waals surface area contributed by atoms with E-state index < -0.39 is 13.0 Å². The molecule has 0 spiro atoms. The lowest BCUT2D eigenvalue weighted by atomic mass is 10.2. The summed E-state index contributed by atoms with van der Waals surface area (Å²) in [7, 11) is 0. The fourth-order valence-corrected chi connectivity index (χ4v) is 1.85. The Kier molecular flexibility index (Phi) is 4.50. The first-order chi connectivity index (χ1) is 9.08. The van der Waals surface area contributed by atoms with Gasteiger partial charge in [0.2, 0.25) is 0 Å². The number of hydrogen-bond acceptors (Lipinski definition) is 3. The second-order valence-corrected chi connectivity index (χ2v) is 4.32. The Morgan fingerprint density at radius 2 is 2.21 bits per heavy atom. The summed E-state index contributed by atoms with van der Waals surface area (Å²) in [6.45, 7) is -0.729. The maximum atomic E-state index is 11.8. The molecule has 0 saturated carbocycles. The second-order valence-electron chi connectivity index (χ2n) is 3.91. The summed E-state index contributed by atoms with van der Waals surface area (Å²) in [5, 5.41) is 1.15. The number of carbonyl (C=O) groups is 1. The van der Waals surface area contributed by atoms with Gasteiger partial charge in [-0.3, -0.25) is 4.79 Å². The molecule has 1 aromatic carbocycles. The van der Waals surface area contributed by atoms with Crippen LogP contribution in [0, 0.1) is 0 Å². The number of para-hydroxylation sites is 1. The molecule has 0 fully saturated rings. The molecule has 102 valence electrons. The molecule has 0 unspecified atom stereocenters. The van der Waals surface area contributed by atoms with Crippen molar-refractivity contribution >= 4 is 28.4 Å². The van der Waals surface area contributed by atoms with Crippen LogP contribution in [0.1, 0.15) is 17.0 Å². The number of carbonyl (C=O) groups excluding carboxylic acids is 1. The van der Waals surface area contributed by atoms with Crippen molar-refractivity contribution in [3.8, 4) is 0 Å². The van der Waals surface area contributed by atoms with Crippen LogP contribution in [0.3, 0.4) is 0 Å². The smallest absolute Gasteiger partial charge is 0.261 e. The van der Waals surface area contributed by atoms with Crippen LogP contribution < -0.4 is 0 Å². The Morgan fingerprint density at radius 1 is 1.42 bits per heavy atom. The van der Waals surface area contributed by atoms with Crippen LogP contribution in [0.25, 0.3) is 11.0 Å². The molecular formula is C13H11ClF2O3. The van der Waals surface area contributed by atoms with Crippen LogP contribution in [0.4, 0.5) is 8.78 Å². The standard InChI is InChI=1S/C13H11ClF2O3/c14-9-3-1-2-8-6-11(19-13(8)9)10(17)4-5-18-7-12(15)16/h1-3,6,12H,4-5,7H2. The Morgan fingerprint density at radius 3 is 2.89 bits per heavy atom. The summed E-state index contributed by atoms with van der Waals surface area (Å²) in [5.74, 6) is -0.148. The fraction of sp³-hybridized carbons (Fsp3) is 0.308. The van der Waals surface area contributed by atoms with E-state index in [0.29, 0.717) is 10.6 Å². The highest BCUT2D eigenvalue weighted by atomic mass is 35.5. The van der Waals surface area contributed by atoms with Crippen molar-refractivity contribution in [3.63, 3.8) is 0 Å². The third kappa shape index (κ3) is 3.52. The highest BCUT2D eigenvalue weighted by Crippen LogP contribution is 2.27. The first-order valence-corrected chi connectivity index (χ1v) is 6.03. The molecule has 0 saturated heterocycles. The highest BCUT2D eigenvalue weighted by molar-refractivity contribution is 6.34. The highest BCUT2D eigenvalue weighted by Gasteiger charge is 2.14. The predicted molar refractivity (Wildman–Crippen MR) is 67.0 cm³/mol. The lowest BCUT2D eigenvalue weighted by molar-refractivity contribution is 0.0167. The minimum atomic E-state index is -2.53. The number of Topliss-reactive ketones (excluding diaryl/α,β-unsaturated/α-hetero) is 1. The number of hydrogen-bond donors (Lipinski definition) is 0. The number of ether oxygens (including phenoxy) is 1. The van der Waals surface area contributed by atoms with Gasteiger partial charge in [-0.05, 0) is 12.1 Å². The third-order valence-corrected chi connectivity index (χ3v) is 2.79. The van der Waals surface area contributed by atoms with Gasteiger partial charge in [0, 0.05) is 11.8 Å². The third-order valence-electron chi connectivity index (χ3n) is 2.49. The van der Waals surface area contributed by atoms with E-state index in [9.17, 15) is 13.6 Å². The first kappa shape index (κ1) is 14.0. The van der Waals surface area contributed by atoms with E-state index in [-0.39, 0.29) is 24.6 Å². The Hall–Kier alpha value is -1.46. The molecule has 3 nitrogen and oxygen atoms in total. The van der Waals surface area contributed by atoms with Crippen molar-refractivity contribution in [2.45, 2.75) is 12.8 Å². The van der Waals surface area contributed by atoms with Crippen LogP contribution in [0.15, 0.2) is 28.7 Å². The summed E-state index contributed by atoms with van der Waals surface area (Å²) in [4.78, 5) is 11.8. The van der Waals surface area contributed by atoms with Gasteiger partial charge in [0.15, 0.2) is 17.1 Å². The average Bonchev–Trinajstić information content (AvgIpc) is 2.79. The lowest BCUT2D eigenvalue weighted by Crippen LogP contribution is -2.09. The van der Waals surface area contributed by atoms with E-state index in [0.717, 1.165) is 5.39 Å². The van der Waals surface area contributed by atoms with Gasteiger partial charge < -0.3 is 9.15 Å². The molecule has 0 amide bonds. The molecule has 1 aromatic heterocycles. The maximum Gasteiger partial charge on any atom is 0.261 e. The zero-order valence-electron chi connectivity index (χ0n) is 9.87. The zero-order valence-corrected chi connectivity index (χ0v) is 10.6. The molecule has 2 rings (SSSR count). The zero-order chi connectivity index (χ0) is 13.8. The summed E-state index contributed by atoms with van der Waals surface area (Å²) in [5.41, 5.74) is 0.445. The molecule has 6 heteroatoms. The molecule has 19 heavy (non-hydrogen) atoms. The largest absolute Gasteiger partial charge is 0.451 e. The molecule has 0 bridgehead atoms. The lowest BCUT2D eigenvalue weighted by Gasteiger charge is -2.01. The summed E-state index contributed by atoms with van der Waals surface area (Å²) >= 11 is 5.92. The molecule has 0 N–H and O–H groups in total. The molecule has 0 radical (unpaired) electrons. The quantitative estimate of drug-likeness (QED) is 0.597. The normalized spacial score (nSPS) is 11.4. The van der Waals surface area contributed by atoms with Gasteiger partial charge in [0.05, 0.1) is 11.6 Å². The Labute approximate surface area is 113 Å². The van der Waals surface area contributed by atoms with Gasteiger partial charge in [0.1, 0.15) is 6.61 Å². The van der Waals surface area contributed by atoms with E-state index in [4.69, 9.17) is 16.0 Å². The molecular weight excluding hydrogens is 278 g/mol. The second kappa shape index (κ2) is 6.12. The number of furan rings is 1. The van der Waals surface area contributed by atoms with Gasteiger partial charge in [-0.2, -0.15) is 0 Å². The molecule has 0 atom stereocenters. The van der Waals surface area contributed by atoms with Crippen molar-refractivity contribution in [2.75, 3.05) is 13.2 Å². The minimum Gasteiger partial charge on any atom is -0.451 e. The Balaban J connectivity index is 2.00. The van der Waals surface area contributed by atoms with Crippen LogP contribution in [0.5, 0.6) is 0 Å². The monoisotopic (exact) mass is 288 g/mol. The number of halogens is 3. The first-order valence-electron chi connectivity index (χ1n) is 5.65. The molecule has 0 aliphatic heterocycles. The Bertz CT molecular complexity index is 580. The number of rotatable bonds is 6. The number of benzene rings is 1. The van der Waals surface area contributed by atoms with Crippen LogP contribution in [0.2, 0.25) is 5.02 Å². The van der Waals surface area contributed by atoms with Gasteiger partial charge in [-0.1, -0.05) is 23.7 Å². The molecule has 0 aliphatic carbocycles. The number of ketones is 1. The average molecular weight is 289 g/mol. The van der Waals surface area contributed by atoms with Crippen molar-refractivity contribution in [2.24, 2.45) is 0 Å². The van der Waals surface area contributed by atoms with E-state index in [1.54, 1.807) is 24.3 Å². The minimum absolute atomic E-state index is 0.00976. The molecule has 2 aromatic rings. The number of alkyl halides is 2. The van der Waals surface area contributed by atoms with Gasteiger partial charge in [-0.15, -0.1) is 0 Å². The molecule has 1 heterocycles. The maximum absolute atomic E-state index is 11.8. The van der Waals surface area contributed by atoms with E-state index in [1.165, 1.54) is 0 Å². The van der Waals surface area contributed by atoms with E-state index in [2.05, 4.69) is 4.74 Å². The summed E-state index contributed by atoms with van der Waals surface area (Å²) < 4.78 is 33.6. The van der Waals surface area contributed by atoms with E-state index in [1.807, 2.05) is 0 Å². The van der Waals surface area contributed by atoms with Crippen molar-refractivity contribution in [3.05, 3.63) is 35.0 Å². The fourth-order valence-electron chi connectivity index (χ4n) is 1.63. The summed E-state index contributed by atoms with van der Waals surface area (Å²) in [6, 6.07) is 6.76. The predicted octanol–water partition coefficient (Wildman–Crippen LogP) is 3.94. The van der Waals surface area contributed by atoms with Crippen molar-refractivity contribution in [1.82, 2.24) is 0 Å². The van der Waals surface area contributed by atoms with Crippen LogP contribution in [-0.4, -0.2) is 25.4 Å². The van der Waals surface area contributed by atoms with Crippen molar-refractivity contribution < 1.29 is 22.7 Å². The van der Waals surface area contributed by atoms with E-state index >= 15 is 0 Å². The number of fused-ring (bicyclic) bond motifs is 1. The van der Waals surface area contributed by atoms with Crippen LogP contribution in [-0.2, 0) is 4.74 Å².